The van der Waals surface area contributed by atoms with Gasteiger partial charge < -0.3 is 9.09 Å². The van der Waals surface area contributed by atoms with Crippen LogP contribution in [0, 0.1) is 0 Å². The highest BCUT2D eigenvalue weighted by Gasteiger charge is 2.12. The predicted molar refractivity (Wildman–Crippen MR) is 76.9 cm³/mol. The number of hydrogen-bond donors (Lipinski definition) is 2. The van der Waals surface area contributed by atoms with Crippen molar-refractivity contribution in [3.8, 4) is 0 Å². The molecule has 6 nitrogen and oxygen atoms in total. The van der Waals surface area contributed by atoms with Crippen molar-refractivity contribution in [2.75, 3.05) is 0 Å². The highest BCUT2D eigenvalue weighted by atomic mass is 79.9. The standard InChI is InChI=1S/C13H11BrN4O2/c14-9-2-1-8-3-4-18(12(8)5-9)7-10-6-11(17-20-10)13(19)16-15/h1-6H,7,15H2,(H,16,19). The van der Waals surface area contributed by atoms with E-state index in [0.717, 1.165) is 15.4 Å². The molecule has 7 heteroatoms. The van der Waals surface area contributed by atoms with Crippen molar-refractivity contribution in [3.05, 3.63) is 52.5 Å². The molecule has 1 aromatic carbocycles. The van der Waals surface area contributed by atoms with E-state index in [1.54, 1.807) is 6.07 Å². The van der Waals surface area contributed by atoms with Gasteiger partial charge in [0.1, 0.15) is 0 Å². The van der Waals surface area contributed by atoms with Gasteiger partial charge in [-0.3, -0.25) is 10.2 Å². The first-order valence-corrected chi connectivity index (χ1v) is 6.67. The molecule has 102 valence electrons. The molecule has 0 aliphatic carbocycles. The highest BCUT2D eigenvalue weighted by molar-refractivity contribution is 9.10. The normalized spacial score (nSPS) is 10.9. The van der Waals surface area contributed by atoms with E-state index >= 15 is 0 Å². The van der Waals surface area contributed by atoms with Crippen molar-refractivity contribution in [2.45, 2.75) is 6.54 Å². The smallest absolute Gasteiger partial charge is 0.287 e. The molecular formula is C13H11BrN4O2. The fourth-order valence-electron chi connectivity index (χ4n) is 2.03. The lowest BCUT2D eigenvalue weighted by atomic mass is 10.2. The summed E-state index contributed by atoms with van der Waals surface area (Å²) in [6.45, 7) is 0.491. The summed E-state index contributed by atoms with van der Waals surface area (Å²) in [6, 6.07) is 9.64. The number of aromatic nitrogens is 2. The van der Waals surface area contributed by atoms with Gasteiger partial charge in [-0.1, -0.05) is 27.2 Å². The van der Waals surface area contributed by atoms with Crippen molar-refractivity contribution >= 4 is 32.7 Å². The van der Waals surface area contributed by atoms with E-state index < -0.39 is 5.91 Å². The first-order chi connectivity index (χ1) is 9.67. The molecule has 0 saturated heterocycles. The molecular weight excluding hydrogens is 324 g/mol. The highest BCUT2D eigenvalue weighted by Crippen LogP contribution is 2.22. The van der Waals surface area contributed by atoms with Crippen molar-refractivity contribution in [3.63, 3.8) is 0 Å². The number of halogens is 1. The average Bonchev–Trinajstić information content (AvgIpc) is 3.06. The maximum atomic E-state index is 11.3. The van der Waals surface area contributed by atoms with Crippen LogP contribution in [0.3, 0.4) is 0 Å². The lowest BCUT2D eigenvalue weighted by molar-refractivity contribution is 0.0944. The van der Waals surface area contributed by atoms with Gasteiger partial charge in [0.25, 0.3) is 5.91 Å². The summed E-state index contributed by atoms with van der Waals surface area (Å²) < 4.78 is 8.17. The van der Waals surface area contributed by atoms with Crippen LogP contribution in [0.1, 0.15) is 16.2 Å². The maximum absolute atomic E-state index is 11.3. The van der Waals surface area contributed by atoms with Crippen LogP contribution in [0.15, 0.2) is 45.5 Å². The second kappa shape index (κ2) is 5.10. The first kappa shape index (κ1) is 12.9. The van der Waals surface area contributed by atoms with Gasteiger partial charge in [-0.15, -0.1) is 0 Å². The monoisotopic (exact) mass is 334 g/mol. The number of rotatable bonds is 3. The molecule has 0 unspecified atom stereocenters. The van der Waals surface area contributed by atoms with Crippen LogP contribution >= 0.6 is 15.9 Å². The van der Waals surface area contributed by atoms with E-state index in [1.165, 1.54) is 0 Å². The number of nitrogen functional groups attached to an aromatic ring is 1. The lowest BCUT2D eigenvalue weighted by Gasteiger charge is -2.02. The molecule has 0 radical (unpaired) electrons. The number of hydrogen-bond acceptors (Lipinski definition) is 4. The van der Waals surface area contributed by atoms with Gasteiger partial charge in [0.15, 0.2) is 11.5 Å². The number of amides is 1. The van der Waals surface area contributed by atoms with Crippen LogP contribution in [0.4, 0.5) is 0 Å². The Kier molecular flexibility index (Phi) is 3.29. The summed E-state index contributed by atoms with van der Waals surface area (Å²) in [5.74, 6) is 5.16. The SMILES string of the molecule is NNC(=O)c1cc(Cn2ccc3ccc(Br)cc32)on1. The third-order valence-corrected chi connectivity index (χ3v) is 3.48. The van der Waals surface area contributed by atoms with E-state index in [2.05, 4.69) is 21.1 Å². The van der Waals surface area contributed by atoms with E-state index in [0.29, 0.717) is 12.3 Å². The number of nitrogens with one attached hydrogen (secondary N) is 1. The molecule has 0 aliphatic rings. The van der Waals surface area contributed by atoms with Crippen LogP contribution in [0.2, 0.25) is 0 Å². The molecule has 1 amide bonds. The zero-order valence-electron chi connectivity index (χ0n) is 10.3. The van der Waals surface area contributed by atoms with Crippen molar-refractivity contribution < 1.29 is 9.32 Å². The van der Waals surface area contributed by atoms with Crippen molar-refractivity contribution in [2.24, 2.45) is 5.84 Å². The first-order valence-electron chi connectivity index (χ1n) is 5.88. The van der Waals surface area contributed by atoms with Gasteiger partial charge in [0.2, 0.25) is 0 Å². The number of carbonyl (C=O) groups excluding carboxylic acids is 1. The summed E-state index contributed by atoms with van der Waals surface area (Å²) in [5, 5.41) is 4.81. The molecule has 2 aromatic heterocycles. The van der Waals surface area contributed by atoms with Crippen molar-refractivity contribution in [1.82, 2.24) is 15.1 Å². The van der Waals surface area contributed by atoms with E-state index in [9.17, 15) is 4.79 Å². The summed E-state index contributed by atoms with van der Waals surface area (Å²) >= 11 is 3.45. The van der Waals surface area contributed by atoms with E-state index in [4.69, 9.17) is 10.4 Å². The molecule has 3 rings (SSSR count). The van der Waals surface area contributed by atoms with Gasteiger partial charge in [-0.05, 0) is 23.6 Å². The Hall–Kier alpha value is -2.12. The van der Waals surface area contributed by atoms with Crippen molar-refractivity contribution in [1.29, 1.82) is 0 Å². The Morgan fingerprint density at radius 1 is 1.40 bits per heavy atom. The summed E-state index contributed by atoms with van der Waals surface area (Å²) in [6.07, 6.45) is 1.96. The molecule has 20 heavy (non-hydrogen) atoms. The Morgan fingerprint density at radius 3 is 3.05 bits per heavy atom. The molecule has 3 aromatic rings. The number of nitrogens with two attached hydrogens (primary N) is 1. The van der Waals surface area contributed by atoms with E-state index in [-0.39, 0.29) is 5.69 Å². The number of fused-ring (bicyclic) bond motifs is 1. The minimum absolute atomic E-state index is 0.167. The summed E-state index contributed by atoms with van der Waals surface area (Å²) in [7, 11) is 0. The number of benzene rings is 1. The molecule has 0 aliphatic heterocycles. The molecule has 0 atom stereocenters. The number of carbonyl (C=O) groups is 1. The third kappa shape index (κ3) is 2.33. The minimum Gasteiger partial charge on any atom is -0.359 e. The van der Waals surface area contributed by atoms with Crippen LogP contribution in [-0.4, -0.2) is 15.6 Å². The second-order valence-corrected chi connectivity index (χ2v) is 5.21. The molecule has 0 spiro atoms. The zero-order valence-corrected chi connectivity index (χ0v) is 11.9. The van der Waals surface area contributed by atoms with Gasteiger partial charge in [0, 0.05) is 22.3 Å². The molecule has 0 saturated carbocycles. The van der Waals surface area contributed by atoms with Crippen LogP contribution in [0.25, 0.3) is 10.9 Å². The van der Waals surface area contributed by atoms with Crippen LogP contribution in [0.5, 0.6) is 0 Å². The predicted octanol–water partition coefficient (Wildman–Crippen LogP) is 2.04. The Labute approximate surface area is 122 Å². The van der Waals surface area contributed by atoms with Crippen LogP contribution < -0.4 is 11.3 Å². The molecule has 2 heterocycles. The quantitative estimate of drug-likeness (QED) is 0.436. The second-order valence-electron chi connectivity index (χ2n) is 4.30. The number of nitrogens with zero attached hydrogens (tertiary/aromatic N) is 2. The summed E-state index contributed by atoms with van der Waals surface area (Å²) in [5.41, 5.74) is 3.25. The molecule has 3 N–H and O–H groups in total. The summed E-state index contributed by atoms with van der Waals surface area (Å²) in [4.78, 5) is 11.3. The van der Waals surface area contributed by atoms with Gasteiger partial charge >= 0.3 is 0 Å². The number of hydrazine groups is 1. The molecule has 0 bridgehead atoms. The Bertz CT molecular complexity index is 778. The van der Waals surface area contributed by atoms with E-state index in [1.807, 2.05) is 40.5 Å². The van der Waals surface area contributed by atoms with Gasteiger partial charge in [-0.25, -0.2) is 5.84 Å². The Morgan fingerprint density at radius 2 is 2.25 bits per heavy atom. The van der Waals surface area contributed by atoms with Gasteiger partial charge in [0.05, 0.1) is 6.54 Å². The van der Waals surface area contributed by atoms with Gasteiger partial charge in [-0.2, -0.15) is 0 Å². The van der Waals surface area contributed by atoms with Crippen LogP contribution in [-0.2, 0) is 6.54 Å². The minimum atomic E-state index is -0.472. The molecule has 0 fully saturated rings. The fraction of sp³-hybridized carbons (Fsp3) is 0.0769. The fourth-order valence-corrected chi connectivity index (χ4v) is 2.38. The maximum Gasteiger partial charge on any atom is 0.287 e. The average molecular weight is 335 g/mol. The topological polar surface area (TPSA) is 86.1 Å². The largest absolute Gasteiger partial charge is 0.359 e. The third-order valence-electron chi connectivity index (χ3n) is 2.98. The zero-order chi connectivity index (χ0) is 14.1. The lowest BCUT2D eigenvalue weighted by Crippen LogP contribution is -2.30. The Balaban J connectivity index is 1.91.